The number of rotatable bonds is 4. The third kappa shape index (κ3) is 3.58. The molecule has 1 atom stereocenters. The van der Waals surface area contributed by atoms with E-state index >= 15 is 0 Å². The monoisotopic (exact) mass is 398 g/mol. The second-order valence-electron chi connectivity index (χ2n) is 6.45. The summed E-state index contributed by atoms with van der Waals surface area (Å²) in [7, 11) is -3.62. The minimum Gasteiger partial charge on any atom is -0.364 e. The van der Waals surface area contributed by atoms with E-state index in [-0.39, 0.29) is 0 Å². The summed E-state index contributed by atoms with van der Waals surface area (Å²) >= 11 is 6.01. The third-order valence-corrected chi connectivity index (χ3v) is 6.88. The van der Waals surface area contributed by atoms with Crippen LogP contribution in [0, 0.1) is 0 Å². The average Bonchev–Trinajstić information content (AvgIpc) is 2.68. The Balaban J connectivity index is 1.74. The highest BCUT2D eigenvalue weighted by atomic mass is 35.5. The molecule has 27 heavy (non-hydrogen) atoms. The molecule has 0 saturated heterocycles. The number of nitrogens with one attached hydrogen (secondary N) is 1. The van der Waals surface area contributed by atoms with Gasteiger partial charge in [0.25, 0.3) is 0 Å². The Bertz CT molecular complexity index is 1040. The standard InChI is InChI=1S/C21H19ClN2O2S/c22-18-12-10-17(11-13-18)21-23-19-8-4-5-9-20(19)27(25,26)24(21)15-14-16-6-2-1-3-7-16/h1-13,21,23H,14-15H2/t21-/m0/s1. The number of anilines is 1. The molecule has 0 bridgehead atoms. The van der Waals surface area contributed by atoms with Gasteiger partial charge < -0.3 is 5.32 Å². The number of para-hydroxylation sites is 1. The lowest BCUT2D eigenvalue weighted by atomic mass is 10.1. The summed E-state index contributed by atoms with van der Waals surface area (Å²) in [6.45, 7) is 0.376. The van der Waals surface area contributed by atoms with Crippen molar-refractivity contribution in [3.63, 3.8) is 0 Å². The molecule has 1 aliphatic rings. The molecule has 0 spiro atoms. The molecule has 0 fully saturated rings. The van der Waals surface area contributed by atoms with Crippen molar-refractivity contribution in [1.29, 1.82) is 0 Å². The number of benzene rings is 3. The molecule has 1 N–H and O–H groups in total. The predicted octanol–water partition coefficient (Wildman–Crippen LogP) is 4.70. The maximum absolute atomic E-state index is 13.3. The zero-order valence-electron chi connectivity index (χ0n) is 14.5. The minimum absolute atomic E-state index is 0.309. The van der Waals surface area contributed by atoms with E-state index in [1.54, 1.807) is 30.3 Å². The van der Waals surface area contributed by atoms with E-state index in [0.717, 1.165) is 11.1 Å². The number of halogens is 1. The van der Waals surface area contributed by atoms with Gasteiger partial charge in [0.2, 0.25) is 10.0 Å². The fraction of sp³-hybridized carbons (Fsp3) is 0.143. The largest absolute Gasteiger partial charge is 0.364 e. The van der Waals surface area contributed by atoms with Crippen LogP contribution < -0.4 is 5.32 Å². The normalized spacial score (nSPS) is 18.5. The second kappa shape index (κ2) is 7.35. The van der Waals surface area contributed by atoms with Crippen molar-refractivity contribution >= 4 is 27.3 Å². The van der Waals surface area contributed by atoms with Crippen molar-refractivity contribution < 1.29 is 8.42 Å². The molecule has 3 aromatic carbocycles. The number of fused-ring (bicyclic) bond motifs is 1. The fourth-order valence-electron chi connectivity index (χ4n) is 3.32. The maximum Gasteiger partial charge on any atom is 0.247 e. The molecule has 138 valence electrons. The Labute approximate surface area is 164 Å². The molecule has 4 nitrogen and oxygen atoms in total. The highest BCUT2D eigenvalue weighted by Crippen LogP contribution is 2.38. The van der Waals surface area contributed by atoms with Crippen LogP contribution in [-0.4, -0.2) is 19.3 Å². The summed E-state index contributed by atoms with van der Waals surface area (Å²) in [6.07, 6.45) is 0.152. The van der Waals surface area contributed by atoms with E-state index in [2.05, 4.69) is 5.32 Å². The van der Waals surface area contributed by atoms with E-state index < -0.39 is 16.2 Å². The minimum atomic E-state index is -3.62. The van der Waals surface area contributed by atoms with Crippen LogP contribution in [0.25, 0.3) is 0 Å². The van der Waals surface area contributed by atoms with Gasteiger partial charge in [-0.05, 0) is 41.8 Å². The summed E-state index contributed by atoms with van der Waals surface area (Å²) in [5, 5.41) is 4.00. The zero-order chi connectivity index (χ0) is 18.9. The van der Waals surface area contributed by atoms with Gasteiger partial charge in [-0.2, -0.15) is 4.31 Å². The van der Waals surface area contributed by atoms with Crippen LogP contribution in [-0.2, 0) is 16.4 Å². The van der Waals surface area contributed by atoms with Gasteiger partial charge in [-0.3, -0.25) is 0 Å². The van der Waals surface area contributed by atoms with Gasteiger partial charge >= 0.3 is 0 Å². The van der Waals surface area contributed by atoms with Gasteiger partial charge in [0.05, 0.1) is 5.69 Å². The lowest BCUT2D eigenvalue weighted by Crippen LogP contribution is -2.43. The van der Waals surface area contributed by atoms with Gasteiger partial charge in [-0.1, -0.05) is 66.2 Å². The molecule has 0 amide bonds. The Morgan fingerprint density at radius 1 is 0.889 bits per heavy atom. The number of hydrogen-bond acceptors (Lipinski definition) is 3. The molecule has 0 aromatic heterocycles. The smallest absolute Gasteiger partial charge is 0.247 e. The lowest BCUT2D eigenvalue weighted by molar-refractivity contribution is 0.345. The van der Waals surface area contributed by atoms with Crippen molar-refractivity contribution in [3.8, 4) is 0 Å². The number of nitrogens with zero attached hydrogens (tertiary/aromatic N) is 1. The Morgan fingerprint density at radius 3 is 2.30 bits per heavy atom. The second-order valence-corrected chi connectivity index (χ2v) is 8.74. The summed E-state index contributed by atoms with van der Waals surface area (Å²) in [5.41, 5.74) is 2.57. The number of sulfonamides is 1. The van der Waals surface area contributed by atoms with Gasteiger partial charge in [0.15, 0.2) is 0 Å². The van der Waals surface area contributed by atoms with Crippen LogP contribution in [0.15, 0.2) is 83.8 Å². The van der Waals surface area contributed by atoms with Crippen molar-refractivity contribution in [2.24, 2.45) is 0 Å². The van der Waals surface area contributed by atoms with Crippen molar-refractivity contribution in [1.82, 2.24) is 4.31 Å². The lowest BCUT2D eigenvalue weighted by Gasteiger charge is -2.37. The summed E-state index contributed by atoms with van der Waals surface area (Å²) in [4.78, 5) is 0.309. The summed E-state index contributed by atoms with van der Waals surface area (Å²) in [5.74, 6) is 0. The highest BCUT2D eigenvalue weighted by Gasteiger charge is 2.38. The predicted molar refractivity (Wildman–Crippen MR) is 108 cm³/mol. The zero-order valence-corrected chi connectivity index (χ0v) is 16.1. The quantitative estimate of drug-likeness (QED) is 0.693. The van der Waals surface area contributed by atoms with Crippen LogP contribution in [0.3, 0.4) is 0 Å². The molecule has 1 heterocycles. The highest BCUT2D eigenvalue weighted by molar-refractivity contribution is 7.89. The first-order valence-corrected chi connectivity index (χ1v) is 10.5. The van der Waals surface area contributed by atoms with Crippen molar-refractivity contribution in [2.45, 2.75) is 17.5 Å². The molecule has 0 aliphatic carbocycles. The summed E-state index contributed by atoms with van der Waals surface area (Å²) in [6, 6.07) is 24.2. The molecular weight excluding hydrogens is 380 g/mol. The first-order chi connectivity index (χ1) is 13.1. The van der Waals surface area contributed by atoms with Crippen molar-refractivity contribution in [3.05, 3.63) is 95.0 Å². The Morgan fingerprint density at radius 2 is 1.56 bits per heavy atom. The van der Waals surface area contributed by atoms with Gasteiger partial charge in [-0.25, -0.2) is 8.42 Å². The van der Waals surface area contributed by atoms with Crippen molar-refractivity contribution in [2.75, 3.05) is 11.9 Å². The molecule has 4 rings (SSSR count). The van der Waals surface area contributed by atoms with Crippen LogP contribution in [0.2, 0.25) is 5.02 Å². The SMILES string of the molecule is O=S1(=O)c2ccccc2N[C@H](c2ccc(Cl)cc2)N1CCc1ccccc1. The van der Waals surface area contributed by atoms with E-state index in [1.165, 1.54) is 4.31 Å². The molecule has 0 radical (unpaired) electrons. The van der Waals surface area contributed by atoms with Gasteiger partial charge in [-0.15, -0.1) is 0 Å². The molecule has 3 aromatic rings. The third-order valence-electron chi connectivity index (χ3n) is 4.70. The Hall–Kier alpha value is -2.34. The molecular formula is C21H19ClN2O2S. The van der Waals surface area contributed by atoms with Crippen LogP contribution in [0.1, 0.15) is 17.3 Å². The maximum atomic E-state index is 13.3. The van der Waals surface area contributed by atoms with E-state index in [1.807, 2.05) is 48.5 Å². The molecule has 0 unspecified atom stereocenters. The molecule has 6 heteroatoms. The van der Waals surface area contributed by atoms with E-state index in [9.17, 15) is 8.42 Å². The van der Waals surface area contributed by atoms with Gasteiger partial charge in [0, 0.05) is 11.6 Å². The van der Waals surface area contributed by atoms with E-state index in [0.29, 0.717) is 28.6 Å². The first kappa shape index (κ1) is 18.0. The average molecular weight is 399 g/mol. The van der Waals surface area contributed by atoms with Crippen LogP contribution >= 0.6 is 11.6 Å². The summed E-state index contributed by atoms with van der Waals surface area (Å²) < 4.78 is 28.2. The van der Waals surface area contributed by atoms with Gasteiger partial charge in [0.1, 0.15) is 11.1 Å². The fourth-order valence-corrected chi connectivity index (χ4v) is 5.14. The number of hydrogen-bond donors (Lipinski definition) is 1. The van der Waals surface area contributed by atoms with E-state index in [4.69, 9.17) is 11.6 Å². The van der Waals surface area contributed by atoms with Crippen LogP contribution in [0.5, 0.6) is 0 Å². The Kier molecular flexibility index (Phi) is 4.91. The topological polar surface area (TPSA) is 49.4 Å². The first-order valence-electron chi connectivity index (χ1n) is 8.72. The molecule has 0 saturated carbocycles. The van der Waals surface area contributed by atoms with Crippen LogP contribution in [0.4, 0.5) is 5.69 Å². The molecule has 1 aliphatic heterocycles.